The molecule has 0 saturated heterocycles. The van der Waals surface area contributed by atoms with Crippen molar-refractivity contribution >= 4 is 43.5 Å². The Hall–Kier alpha value is -3.95. The lowest BCUT2D eigenvalue weighted by molar-refractivity contribution is -0.140. The molecule has 0 aliphatic rings. The topological polar surface area (TPSA) is 86.8 Å². The molecular formula is C36H40BrN3O4S. The van der Waals surface area contributed by atoms with E-state index in [4.69, 9.17) is 0 Å². The molecule has 9 heteroatoms. The van der Waals surface area contributed by atoms with Gasteiger partial charge in [-0.1, -0.05) is 88.7 Å². The van der Waals surface area contributed by atoms with Crippen molar-refractivity contribution < 1.29 is 18.0 Å². The number of aryl methyl sites for hydroxylation is 2. The Morgan fingerprint density at radius 3 is 2.02 bits per heavy atom. The Morgan fingerprint density at radius 2 is 1.42 bits per heavy atom. The Kier molecular flexibility index (Phi) is 10.9. The molecule has 0 fully saturated rings. The molecule has 45 heavy (non-hydrogen) atoms. The lowest BCUT2D eigenvalue weighted by atomic mass is 10.0. The van der Waals surface area contributed by atoms with E-state index < -0.39 is 34.1 Å². The summed E-state index contributed by atoms with van der Waals surface area (Å²) in [6, 6.07) is 29.7. The number of rotatable bonds is 11. The molecule has 4 rings (SSSR count). The first kappa shape index (κ1) is 33.9. The van der Waals surface area contributed by atoms with E-state index in [9.17, 15) is 18.0 Å². The van der Waals surface area contributed by atoms with Crippen molar-refractivity contribution in [1.82, 2.24) is 10.2 Å². The van der Waals surface area contributed by atoms with E-state index in [2.05, 4.69) is 21.2 Å². The van der Waals surface area contributed by atoms with Crippen molar-refractivity contribution in [2.45, 2.75) is 64.1 Å². The zero-order chi connectivity index (χ0) is 32.8. The average Bonchev–Trinajstić information content (AvgIpc) is 3.00. The van der Waals surface area contributed by atoms with Gasteiger partial charge in [-0.25, -0.2) is 8.42 Å². The second kappa shape index (κ2) is 14.4. The monoisotopic (exact) mass is 689 g/mol. The third kappa shape index (κ3) is 9.05. The highest BCUT2D eigenvalue weighted by Crippen LogP contribution is 2.29. The molecule has 0 bridgehead atoms. The van der Waals surface area contributed by atoms with E-state index in [0.717, 1.165) is 21.2 Å². The Labute approximate surface area is 275 Å². The molecule has 0 radical (unpaired) electrons. The van der Waals surface area contributed by atoms with Crippen LogP contribution in [0.3, 0.4) is 0 Å². The zero-order valence-corrected chi connectivity index (χ0v) is 28.7. The maximum atomic E-state index is 14.6. The van der Waals surface area contributed by atoms with E-state index in [1.165, 1.54) is 21.3 Å². The summed E-state index contributed by atoms with van der Waals surface area (Å²) in [5, 5.41) is 3.06. The Balaban J connectivity index is 1.84. The predicted octanol–water partition coefficient (Wildman–Crippen LogP) is 6.82. The molecule has 4 aromatic rings. The third-order valence-corrected chi connectivity index (χ3v) is 9.58. The van der Waals surface area contributed by atoms with Gasteiger partial charge in [-0.3, -0.25) is 13.9 Å². The standard InChI is InChI=1S/C36H40BrN3O4S/c1-26-16-17-27(2)32(22-26)40(45(43,44)31-14-10-7-11-15-31)25-34(41)39(24-29-18-20-30(37)21-19-29)33(35(42)38-36(3,4)5)23-28-12-8-6-9-13-28/h6-22,33H,23-25H2,1-5H3,(H,38,42)/t33-/m0/s1. The predicted molar refractivity (Wildman–Crippen MR) is 183 cm³/mol. The SMILES string of the molecule is Cc1ccc(C)c(N(CC(=O)N(Cc2ccc(Br)cc2)[C@@H](Cc2ccccc2)C(=O)NC(C)(C)C)S(=O)(=O)c2ccccc2)c1. The highest BCUT2D eigenvalue weighted by molar-refractivity contribution is 9.10. The summed E-state index contributed by atoms with van der Waals surface area (Å²) >= 11 is 3.47. The molecule has 0 unspecified atom stereocenters. The largest absolute Gasteiger partial charge is 0.350 e. The number of hydrogen-bond acceptors (Lipinski definition) is 4. The summed E-state index contributed by atoms with van der Waals surface area (Å²) in [6.07, 6.45) is 0.250. The normalized spacial score (nSPS) is 12.3. The number of halogens is 1. The van der Waals surface area contributed by atoms with Crippen molar-refractivity contribution in [2.24, 2.45) is 0 Å². The van der Waals surface area contributed by atoms with Crippen LogP contribution in [-0.2, 0) is 32.6 Å². The molecule has 4 aromatic carbocycles. The molecular weight excluding hydrogens is 650 g/mol. The van der Waals surface area contributed by atoms with E-state index in [-0.39, 0.29) is 23.8 Å². The van der Waals surface area contributed by atoms with Crippen LogP contribution in [0.2, 0.25) is 0 Å². The Morgan fingerprint density at radius 1 is 0.822 bits per heavy atom. The number of nitrogens with one attached hydrogen (secondary N) is 1. The van der Waals surface area contributed by atoms with Crippen LogP contribution in [0.5, 0.6) is 0 Å². The lowest BCUT2D eigenvalue weighted by Gasteiger charge is -2.35. The molecule has 2 amide bonds. The third-order valence-electron chi connectivity index (χ3n) is 7.28. The van der Waals surface area contributed by atoms with Crippen molar-refractivity contribution in [3.05, 3.63) is 130 Å². The van der Waals surface area contributed by atoms with Crippen molar-refractivity contribution in [3.8, 4) is 0 Å². The minimum atomic E-state index is -4.15. The number of amides is 2. The van der Waals surface area contributed by atoms with Crippen LogP contribution in [-0.4, -0.2) is 43.3 Å². The second-order valence-corrected chi connectivity index (χ2v) is 15.0. The molecule has 1 N–H and O–H groups in total. The number of benzene rings is 4. The van der Waals surface area contributed by atoms with E-state index in [1.54, 1.807) is 24.3 Å². The van der Waals surface area contributed by atoms with Gasteiger partial charge in [0.15, 0.2) is 0 Å². The van der Waals surface area contributed by atoms with Gasteiger partial charge in [-0.2, -0.15) is 0 Å². The molecule has 1 atom stereocenters. The number of carbonyl (C=O) groups is 2. The van der Waals surface area contributed by atoms with E-state index >= 15 is 0 Å². The lowest BCUT2D eigenvalue weighted by Crippen LogP contribution is -2.56. The van der Waals surface area contributed by atoms with Gasteiger partial charge < -0.3 is 10.2 Å². The number of sulfonamides is 1. The minimum absolute atomic E-state index is 0.0736. The molecule has 0 aliphatic heterocycles. The molecule has 0 aromatic heterocycles. The molecule has 0 heterocycles. The van der Waals surface area contributed by atoms with Gasteiger partial charge in [0.25, 0.3) is 10.0 Å². The summed E-state index contributed by atoms with van der Waals surface area (Å²) < 4.78 is 30.5. The zero-order valence-electron chi connectivity index (χ0n) is 26.3. The highest BCUT2D eigenvalue weighted by atomic mass is 79.9. The maximum Gasteiger partial charge on any atom is 0.264 e. The number of hydrogen-bond donors (Lipinski definition) is 1. The maximum absolute atomic E-state index is 14.6. The minimum Gasteiger partial charge on any atom is -0.350 e. The fourth-order valence-electron chi connectivity index (χ4n) is 5.01. The van der Waals surface area contributed by atoms with Crippen LogP contribution in [0.25, 0.3) is 0 Å². The van der Waals surface area contributed by atoms with Crippen LogP contribution in [0.15, 0.2) is 112 Å². The van der Waals surface area contributed by atoms with Crippen LogP contribution in [0.1, 0.15) is 43.0 Å². The van der Waals surface area contributed by atoms with Gasteiger partial charge in [-0.05, 0) is 87.2 Å². The number of anilines is 1. The van der Waals surface area contributed by atoms with E-state index in [1.807, 2.05) is 101 Å². The van der Waals surface area contributed by atoms with E-state index in [0.29, 0.717) is 11.3 Å². The quantitative estimate of drug-likeness (QED) is 0.187. The molecule has 0 spiro atoms. The van der Waals surface area contributed by atoms with Gasteiger partial charge >= 0.3 is 0 Å². The number of carbonyl (C=O) groups excluding carboxylic acids is 2. The van der Waals surface area contributed by atoms with Crippen LogP contribution < -0.4 is 9.62 Å². The number of nitrogens with zero attached hydrogens (tertiary/aromatic N) is 2. The van der Waals surface area contributed by atoms with Crippen LogP contribution in [0.4, 0.5) is 5.69 Å². The molecule has 236 valence electrons. The summed E-state index contributed by atoms with van der Waals surface area (Å²) in [5.41, 5.74) is 3.10. The Bertz CT molecular complexity index is 1720. The summed E-state index contributed by atoms with van der Waals surface area (Å²) in [6.45, 7) is 8.98. The first-order valence-electron chi connectivity index (χ1n) is 14.8. The van der Waals surface area contributed by atoms with Gasteiger partial charge in [0.1, 0.15) is 12.6 Å². The molecule has 7 nitrogen and oxygen atoms in total. The second-order valence-electron chi connectivity index (χ2n) is 12.2. The average molecular weight is 691 g/mol. The van der Waals surface area contributed by atoms with Gasteiger partial charge in [0, 0.05) is 23.0 Å². The van der Waals surface area contributed by atoms with Gasteiger partial charge in [0.2, 0.25) is 11.8 Å². The fourth-order valence-corrected chi connectivity index (χ4v) is 6.77. The summed E-state index contributed by atoms with van der Waals surface area (Å²) in [4.78, 5) is 30.2. The van der Waals surface area contributed by atoms with Gasteiger partial charge in [0.05, 0.1) is 10.6 Å². The molecule has 0 aliphatic carbocycles. The smallest absolute Gasteiger partial charge is 0.264 e. The molecule has 0 saturated carbocycles. The van der Waals surface area contributed by atoms with Crippen LogP contribution >= 0.6 is 15.9 Å². The van der Waals surface area contributed by atoms with Gasteiger partial charge in [-0.15, -0.1) is 0 Å². The first-order chi connectivity index (χ1) is 21.2. The van der Waals surface area contributed by atoms with Crippen molar-refractivity contribution in [1.29, 1.82) is 0 Å². The summed E-state index contributed by atoms with van der Waals surface area (Å²) in [7, 11) is -4.15. The van der Waals surface area contributed by atoms with Crippen LogP contribution in [0, 0.1) is 13.8 Å². The fraction of sp³-hybridized carbons (Fsp3) is 0.278. The van der Waals surface area contributed by atoms with Crippen molar-refractivity contribution in [2.75, 3.05) is 10.8 Å². The first-order valence-corrected chi connectivity index (χ1v) is 17.0. The van der Waals surface area contributed by atoms with Crippen molar-refractivity contribution in [3.63, 3.8) is 0 Å². The summed E-state index contributed by atoms with van der Waals surface area (Å²) in [5.74, 6) is -0.815. The highest BCUT2D eigenvalue weighted by Gasteiger charge is 2.36.